The summed E-state index contributed by atoms with van der Waals surface area (Å²) in [5, 5.41) is 8.60. The van der Waals surface area contributed by atoms with Crippen molar-refractivity contribution in [2.24, 2.45) is 0 Å². The lowest BCUT2D eigenvalue weighted by Crippen LogP contribution is -2.23. The van der Waals surface area contributed by atoms with Crippen molar-refractivity contribution in [3.05, 3.63) is 23.3 Å². The first kappa shape index (κ1) is 13.2. The highest BCUT2D eigenvalue weighted by atomic mass is 19.4. The molecule has 0 amide bonds. The number of carbonyl (C=O) groups is 2. The molecule has 0 saturated heterocycles. The number of ketones is 1. The standard InChI is InChI=1S/C11H7F3O5/c12-11(13,14)6-2-1-5(7(15)10(16)17)8-9(6)19-4-3-18-8/h1-2H,3-4H2,(H,16,17). The second-order valence-corrected chi connectivity index (χ2v) is 3.65. The summed E-state index contributed by atoms with van der Waals surface area (Å²) >= 11 is 0. The minimum absolute atomic E-state index is 0.0613. The summed E-state index contributed by atoms with van der Waals surface area (Å²) < 4.78 is 48.0. The fourth-order valence-corrected chi connectivity index (χ4v) is 1.65. The molecule has 1 aliphatic rings. The molecule has 0 aromatic heterocycles. The highest BCUT2D eigenvalue weighted by molar-refractivity contribution is 6.40. The van der Waals surface area contributed by atoms with Gasteiger partial charge in [0.05, 0.1) is 5.56 Å². The van der Waals surface area contributed by atoms with Crippen LogP contribution in [-0.4, -0.2) is 30.1 Å². The Kier molecular flexibility index (Phi) is 3.09. The van der Waals surface area contributed by atoms with Crippen LogP contribution in [0.25, 0.3) is 0 Å². The van der Waals surface area contributed by atoms with E-state index in [0.717, 1.165) is 6.07 Å². The number of ether oxygens (including phenoxy) is 2. The number of hydrogen-bond donors (Lipinski definition) is 1. The van der Waals surface area contributed by atoms with Crippen LogP contribution < -0.4 is 9.47 Å². The van der Waals surface area contributed by atoms with E-state index in [1.807, 2.05) is 0 Å². The summed E-state index contributed by atoms with van der Waals surface area (Å²) in [6.07, 6.45) is -4.68. The number of hydrogen-bond acceptors (Lipinski definition) is 4. The second-order valence-electron chi connectivity index (χ2n) is 3.65. The van der Waals surface area contributed by atoms with Crippen LogP contribution >= 0.6 is 0 Å². The van der Waals surface area contributed by atoms with Crippen molar-refractivity contribution >= 4 is 11.8 Å². The molecule has 0 radical (unpaired) electrons. The van der Waals surface area contributed by atoms with E-state index >= 15 is 0 Å². The third-order valence-electron chi connectivity index (χ3n) is 2.43. The first-order valence-corrected chi connectivity index (χ1v) is 5.10. The van der Waals surface area contributed by atoms with Gasteiger partial charge < -0.3 is 14.6 Å². The highest BCUT2D eigenvalue weighted by Crippen LogP contribution is 2.44. The Morgan fingerprint density at radius 3 is 2.21 bits per heavy atom. The lowest BCUT2D eigenvalue weighted by atomic mass is 10.0. The summed E-state index contributed by atoms with van der Waals surface area (Å²) in [4.78, 5) is 22.0. The van der Waals surface area contributed by atoms with E-state index in [1.165, 1.54) is 0 Å². The number of benzene rings is 1. The van der Waals surface area contributed by atoms with Gasteiger partial charge in [-0.25, -0.2) is 4.79 Å². The van der Waals surface area contributed by atoms with Gasteiger partial charge in [-0.15, -0.1) is 0 Å². The van der Waals surface area contributed by atoms with E-state index in [0.29, 0.717) is 6.07 Å². The molecule has 8 heteroatoms. The Morgan fingerprint density at radius 2 is 1.68 bits per heavy atom. The third kappa shape index (κ3) is 2.33. The van der Waals surface area contributed by atoms with E-state index in [-0.39, 0.29) is 13.2 Å². The predicted molar refractivity (Wildman–Crippen MR) is 54.4 cm³/mol. The van der Waals surface area contributed by atoms with Gasteiger partial charge >= 0.3 is 12.1 Å². The largest absolute Gasteiger partial charge is 0.485 e. The minimum Gasteiger partial charge on any atom is -0.485 e. The van der Waals surface area contributed by atoms with Crippen molar-refractivity contribution in [1.29, 1.82) is 0 Å². The second kappa shape index (κ2) is 4.45. The maximum atomic E-state index is 12.7. The quantitative estimate of drug-likeness (QED) is 0.658. The number of carboxylic acids is 1. The molecule has 0 bridgehead atoms. The molecule has 1 aliphatic heterocycles. The molecular formula is C11H7F3O5. The predicted octanol–water partition coefficient (Wildman–Crippen LogP) is 1.74. The van der Waals surface area contributed by atoms with Crippen LogP contribution in [-0.2, 0) is 11.0 Å². The summed E-state index contributed by atoms with van der Waals surface area (Å²) in [6, 6.07) is 1.37. The number of aliphatic carboxylic acids is 1. The number of alkyl halides is 3. The maximum absolute atomic E-state index is 12.7. The normalized spacial score (nSPS) is 14.1. The smallest absolute Gasteiger partial charge is 0.420 e. The molecule has 0 atom stereocenters. The van der Waals surface area contributed by atoms with Crippen LogP contribution in [0.15, 0.2) is 12.1 Å². The fourth-order valence-electron chi connectivity index (χ4n) is 1.65. The summed E-state index contributed by atoms with van der Waals surface area (Å²) in [5.74, 6) is -4.26. The van der Waals surface area contributed by atoms with Crippen LogP contribution in [0.5, 0.6) is 11.5 Å². The third-order valence-corrected chi connectivity index (χ3v) is 2.43. The summed E-state index contributed by atoms with van der Waals surface area (Å²) in [5.41, 5.74) is -1.57. The number of carboxylic acid groups (broad SMARTS) is 1. The van der Waals surface area contributed by atoms with Gasteiger partial charge in [0.15, 0.2) is 11.5 Å². The van der Waals surface area contributed by atoms with Crippen molar-refractivity contribution in [3.63, 3.8) is 0 Å². The molecule has 1 aromatic carbocycles. The van der Waals surface area contributed by atoms with Crippen LogP contribution in [0.1, 0.15) is 15.9 Å². The Morgan fingerprint density at radius 1 is 1.11 bits per heavy atom. The van der Waals surface area contributed by atoms with Crippen molar-refractivity contribution < 1.29 is 37.3 Å². The Labute approximate surface area is 104 Å². The van der Waals surface area contributed by atoms with Gasteiger partial charge in [0.25, 0.3) is 5.78 Å². The van der Waals surface area contributed by atoms with Gasteiger partial charge in [-0.1, -0.05) is 0 Å². The number of halogens is 3. The molecule has 0 unspecified atom stereocenters. The van der Waals surface area contributed by atoms with Gasteiger partial charge in [-0.2, -0.15) is 13.2 Å². The molecule has 2 rings (SSSR count). The van der Waals surface area contributed by atoms with Gasteiger partial charge in [-0.3, -0.25) is 4.79 Å². The van der Waals surface area contributed by atoms with E-state index in [4.69, 9.17) is 14.6 Å². The maximum Gasteiger partial charge on any atom is 0.420 e. The average Bonchev–Trinajstić information content (AvgIpc) is 2.35. The molecule has 1 aromatic rings. The van der Waals surface area contributed by atoms with Crippen molar-refractivity contribution in [2.75, 3.05) is 13.2 Å². The highest BCUT2D eigenvalue weighted by Gasteiger charge is 2.39. The molecule has 1 N–H and O–H groups in total. The first-order valence-electron chi connectivity index (χ1n) is 5.10. The monoisotopic (exact) mass is 276 g/mol. The zero-order chi connectivity index (χ0) is 14.2. The van der Waals surface area contributed by atoms with Crippen LogP contribution in [0.3, 0.4) is 0 Å². The van der Waals surface area contributed by atoms with Crippen molar-refractivity contribution in [1.82, 2.24) is 0 Å². The van der Waals surface area contributed by atoms with E-state index < -0.39 is 40.6 Å². The first-order chi connectivity index (χ1) is 8.82. The van der Waals surface area contributed by atoms with Crippen LogP contribution in [0.2, 0.25) is 0 Å². The number of carbonyl (C=O) groups excluding carboxylic acids is 1. The molecule has 0 fully saturated rings. The lowest BCUT2D eigenvalue weighted by molar-refractivity contribution is -0.139. The minimum atomic E-state index is -4.68. The molecule has 0 saturated carbocycles. The van der Waals surface area contributed by atoms with E-state index in [2.05, 4.69) is 0 Å². The van der Waals surface area contributed by atoms with Gasteiger partial charge in [0.1, 0.15) is 18.8 Å². The molecular weight excluding hydrogens is 269 g/mol. The average molecular weight is 276 g/mol. The number of Topliss-reactive ketones (excluding diaryl/α,β-unsaturated/α-hetero) is 1. The topological polar surface area (TPSA) is 72.8 Å². The lowest BCUT2D eigenvalue weighted by Gasteiger charge is -2.23. The van der Waals surface area contributed by atoms with Gasteiger partial charge in [-0.05, 0) is 12.1 Å². The number of fused-ring (bicyclic) bond motifs is 1. The molecule has 1 heterocycles. The van der Waals surface area contributed by atoms with Crippen LogP contribution in [0, 0.1) is 0 Å². The van der Waals surface area contributed by atoms with Crippen molar-refractivity contribution in [3.8, 4) is 11.5 Å². The zero-order valence-electron chi connectivity index (χ0n) is 9.28. The fraction of sp³-hybridized carbons (Fsp3) is 0.273. The Hall–Kier alpha value is -2.25. The number of rotatable bonds is 2. The summed E-state index contributed by atoms with van der Waals surface area (Å²) in [6.45, 7) is -0.172. The SMILES string of the molecule is O=C(O)C(=O)c1ccc(C(F)(F)F)c2c1OCCO2. The Balaban J connectivity index is 2.62. The zero-order valence-corrected chi connectivity index (χ0v) is 9.28. The van der Waals surface area contributed by atoms with Crippen molar-refractivity contribution in [2.45, 2.75) is 6.18 Å². The Bertz CT molecular complexity index is 550. The molecule has 0 aliphatic carbocycles. The van der Waals surface area contributed by atoms with Gasteiger partial charge in [0, 0.05) is 0 Å². The molecule has 102 valence electrons. The van der Waals surface area contributed by atoms with Crippen LogP contribution in [0.4, 0.5) is 13.2 Å². The molecule has 0 spiro atoms. The van der Waals surface area contributed by atoms with E-state index in [9.17, 15) is 22.8 Å². The molecule has 19 heavy (non-hydrogen) atoms. The van der Waals surface area contributed by atoms with E-state index in [1.54, 1.807) is 0 Å². The van der Waals surface area contributed by atoms with Gasteiger partial charge in [0.2, 0.25) is 0 Å². The molecule has 5 nitrogen and oxygen atoms in total. The summed E-state index contributed by atoms with van der Waals surface area (Å²) in [7, 11) is 0.